The minimum Gasteiger partial charge on any atom is -0.480 e. The molecule has 6 nitrogen and oxygen atoms in total. The Balaban J connectivity index is 0.00000228. The first-order chi connectivity index (χ1) is 15.8. The van der Waals surface area contributed by atoms with E-state index in [2.05, 4.69) is 32.5 Å². The van der Waals surface area contributed by atoms with Gasteiger partial charge < -0.3 is 14.8 Å². The first-order valence-corrected chi connectivity index (χ1v) is 10.8. The zero-order valence-electron chi connectivity index (χ0n) is 17.0. The maximum atomic E-state index is 10.4. The Hall–Kier alpha value is -3.54. The third-order valence-electron chi connectivity index (χ3n) is 5.09. The van der Waals surface area contributed by atoms with E-state index >= 15 is 0 Å². The van der Waals surface area contributed by atoms with Crippen molar-refractivity contribution in [3.05, 3.63) is 90.4 Å². The van der Waals surface area contributed by atoms with Gasteiger partial charge in [0.15, 0.2) is 0 Å². The van der Waals surface area contributed by atoms with Gasteiger partial charge in [0, 0.05) is 49.5 Å². The second-order valence-electron chi connectivity index (χ2n) is 7.10. The molecule has 0 amide bonds. The van der Waals surface area contributed by atoms with Crippen LogP contribution in [0, 0.1) is 6.07 Å². The standard InChI is InChI=1S/C25H15N4O2S.Pt/c30-25-27-19-7-1-2-8-20(19)29(25)21-9-4-10-22(28-21)31-18-6-3-5-17(15-18)23-24-16(11-13-26-23)12-14-32-24;/h1-14H,(H,27,30);/q-1;. The summed E-state index contributed by atoms with van der Waals surface area (Å²) in [5.74, 6) is 1.42. The predicted molar refractivity (Wildman–Crippen MR) is 124 cm³/mol. The van der Waals surface area contributed by atoms with Gasteiger partial charge in [-0.2, -0.15) is 21.3 Å². The Kier molecular flexibility index (Phi) is 5.66. The summed E-state index contributed by atoms with van der Waals surface area (Å²) in [6, 6.07) is 25.8. The van der Waals surface area contributed by atoms with E-state index in [1.54, 1.807) is 34.2 Å². The fourth-order valence-corrected chi connectivity index (χ4v) is 4.57. The number of aromatic nitrogens is 4. The topological polar surface area (TPSA) is 73.1 Å². The number of rotatable bonds is 4. The van der Waals surface area contributed by atoms with Gasteiger partial charge >= 0.3 is 6.01 Å². The van der Waals surface area contributed by atoms with Crippen LogP contribution >= 0.6 is 11.3 Å². The van der Waals surface area contributed by atoms with Crippen LogP contribution in [0.25, 0.3) is 38.2 Å². The zero-order valence-corrected chi connectivity index (χ0v) is 20.0. The van der Waals surface area contributed by atoms with Gasteiger partial charge in [0.2, 0.25) is 5.88 Å². The van der Waals surface area contributed by atoms with E-state index in [4.69, 9.17) is 4.74 Å². The molecule has 0 radical (unpaired) electrons. The fourth-order valence-electron chi connectivity index (χ4n) is 3.67. The van der Waals surface area contributed by atoms with Gasteiger partial charge in [0.05, 0.1) is 11.0 Å². The summed E-state index contributed by atoms with van der Waals surface area (Å²) in [5.41, 5.74) is 3.18. The fraction of sp³-hybridized carbons (Fsp3) is 0. The first-order valence-electron chi connectivity index (χ1n) is 9.93. The molecule has 6 aromatic rings. The summed E-state index contributed by atoms with van der Waals surface area (Å²) in [6.45, 7) is 0. The van der Waals surface area contributed by atoms with Crippen molar-refractivity contribution in [3.63, 3.8) is 0 Å². The summed E-state index contributed by atoms with van der Waals surface area (Å²) in [4.78, 5) is 13.3. The maximum absolute atomic E-state index is 10.4. The average Bonchev–Trinajstić information content (AvgIpc) is 3.43. The molecule has 0 unspecified atom stereocenters. The van der Waals surface area contributed by atoms with Crippen molar-refractivity contribution >= 4 is 32.5 Å². The molecule has 8 heteroatoms. The minimum absolute atomic E-state index is 0. The van der Waals surface area contributed by atoms with Crippen LogP contribution in [-0.4, -0.2) is 24.6 Å². The molecule has 1 N–H and O–H groups in total. The first kappa shape index (κ1) is 21.3. The Morgan fingerprint density at radius 1 is 0.909 bits per heavy atom. The van der Waals surface area contributed by atoms with E-state index in [-0.39, 0.29) is 27.1 Å². The van der Waals surface area contributed by atoms with Crippen LogP contribution < -0.4 is 4.74 Å². The van der Waals surface area contributed by atoms with Crippen molar-refractivity contribution in [2.45, 2.75) is 0 Å². The van der Waals surface area contributed by atoms with Crippen LogP contribution in [-0.2, 0) is 21.1 Å². The van der Waals surface area contributed by atoms with Crippen LogP contribution in [0.4, 0.5) is 0 Å². The van der Waals surface area contributed by atoms with Crippen molar-refractivity contribution in [1.29, 1.82) is 0 Å². The molecule has 0 aliphatic heterocycles. The molecule has 0 aliphatic rings. The van der Waals surface area contributed by atoms with Crippen molar-refractivity contribution in [1.82, 2.24) is 19.5 Å². The van der Waals surface area contributed by atoms with Gasteiger partial charge in [-0.3, -0.25) is 0 Å². The third-order valence-corrected chi connectivity index (χ3v) is 6.02. The number of benzene rings is 2. The molecule has 0 saturated heterocycles. The number of thiophene rings is 1. The number of hydrogen-bond acceptors (Lipinski definition) is 6. The smallest absolute Gasteiger partial charge is 0.300 e. The van der Waals surface area contributed by atoms with Gasteiger partial charge in [0.25, 0.3) is 0 Å². The molecule has 2 aromatic carbocycles. The molecule has 0 spiro atoms. The Labute approximate surface area is 207 Å². The van der Waals surface area contributed by atoms with E-state index in [0.29, 0.717) is 23.0 Å². The van der Waals surface area contributed by atoms with Crippen LogP contribution in [0.5, 0.6) is 17.6 Å². The van der Waals surface area contributed by atoms with Crippen LogP contribution in [0.15, 0.2) is 84.4 Å². The van der Waals surface area contributed by atoms with E-state index < -0.39 is 0 Å². The normalized spacial score (nSPS) is 10.9. The third kappa shape index (κ3) is 3.90. The van der Waals surface area contributed by atoms with Gasteiger partial charge in [-0.15, -0.1) is 23.8 Å². The molecular formula is C25H15N4O2PtS-. The molecule has 4 heterocycles. The number of nitrogens with zero attached hydrogens (tertiary/aromatic N) is 4. The molecule has 0 bridgehead atoms. The van der Waals surface area contributed by atoms with Gasteiger partial charge in [-0.05, 0) is 41.1 Å². The Bertz CT molecular complexity index is 1590. The SMILES string of the molecule is Oc1nc2ccccc2n1-c1cccc(Oc2[c-]c(-c3nccc4ccsc34)ccc2)n1.[Pt]. The quantitative estimate of drug-likeness (QED) is 0.242. The summed E-state index contributed by atoms with van der Waals surface area (Å²) in [5, 5.41) is 13.6. The number of hydrogen-bond donors (Lipinski definition) is 1. The van der Waals surface area contributed by atoms with Crippen molar-refractivity contribution < 1.29 is 30.9 Å². The van der Waals surface area contributed by atoms with Gasteiger partial charge in [-0.25, -0.2) is 4.57 Å². The number of imidazole rings is 1. The van der Waals surface area contributed by atoms with E-state index in [9.17, 15) is 5.11 Å². The number of ether oxygens (including phenoxy) is 1. The molecular weight excluding hydrogens is 615 g/mol. The van der Waals surface area contributed by atoms with Crippen molar-refractivity contribution in [2.75, 3.05) is 0 Å². The monoisotopic (exact) mass is 630 g/mol. The second-order valence-corrected chi connectivity index (χ2v) is 8.02. The second kappa shape index (κ2) is 8.77. The molecule has 164 valence electrons. The maximum Gasteiger partial charge on any atom is 0.300 e. The molecule has 33 heavy (non-hydrogen) atoms. The zero-order chi connectivity index (χ0) is 21.5. The summed E-state index contributed by atoms with van der Waals surface area (Å²) in [6.07, 6.45) is 1.80. The van der Waals surface area contributed by atoms with Crippen molar-refractivity contribution in [3.8, 4) is 34.7 Å². The number of aromatic hydroxyl groups is 1. The Morgan fingerprint density at radius 3 is 2.73 bits per heavy atom. The average molecular weight is 631 g/mol. The van der Waals surface area contributed by atoms with Gasteiger partial charge in [-0.1, -0.05) is 24.3 Å². The van der Waals surface area contributed by atoms with E-state index in [1.165, 1.54) is 0 Å². The molecule has 0 atom stereocenters. The van der Waals surface area contributed by atoms with Crippen LogP contribution in [0.3, 0.4) is 0 Å². The number of pyridine rings is 2. The number of para-hydroxylation sites is 2. The largest absolute Gasteiger partial charge is 0.480 e. The van der Waals surface area contributed by atoms with Gasteiger partial charge in [0.1, 0.15) is 5.82 Å². The Morgan fingerprint density at radius 2 is 1.79 bits per heavy atom. The summed E-state index contributed by atoms with van der Waals surface area (Å²) in [7, 11) is 0. The molecule has 0 fully saturated rings. The summed E-state index contributed by atoms with van der Waals surface area (Å²) < 4.78 is 8.72. The molecule has 6 rings (SSSR count). The van der Waals surface area contributed by atoms with Crippen LogP contribution in [0.1, 0.15) is 0 Å². The van der Waals surface area contributed by atoms with E-state index in [1.807, 2.05) is 54.6 Å². The predicted octanol–water partition coefficient (Wildman–Crippen LogP) is 5.99. The van der Waals surface area contributed by atoms with E-state index in [0.717, 1.165) is 26.9 Å². The molecule has 0 aliphatic carbocycles. The molecule has 0 saturated carbocycles. The van der Waals surface area contributed by atoms with Crippen molar-refractivity contribution in [2.24, 2.45) is 0 Å². The summed E-state index contributed by atoms with van der Waals surface area (Å²) >= 11 is 1.65. The number of fused-ring (bicyclic) bond motifs is 2. The van der Waals surface area contributed by atoms with Crippen LogP contribution in [0.2, 0.25) is 0 Å². The minimum atomic E-state index is -0.125. The molecule has 4 aromatic heterocycles.